The smallest absolute Gasteiger partial charge is 0.312 e. The number of hydrogen-bond acceptors (Lipinski definition) is 4. The molecule has 0 spiro atoms. The molecule has 2 aromatic carbocycles. The molecule has 0 aliphatic rings. The second kappa shape index (κ2) is 5.70. The van der Waals surface area contributed by atoms with Crippen molar-refractivity contribution in [2.24, 2.45) is 0 Å². The van der Waals surface area contributed by atoms with Crippen LogP contribution >= 0.6 is 0 Å². The van der Waals surface area contributed by atoms with Crippen molar-refractivity contribution in [3.8, 4) is 11.5 Å². The summed E-state index contributed by atoms with van der Waals surface area (Å²) in [6.07, 6.45) is 0. The highest BCUT2D eigenvalue weighted by Crippen LogP contribution is 2.33. The van der Waals surface area contributed by atoms with Crippen LogP contribution < -0.4 is 4.74 Å². The summed E-state index contributed by atoms with van der Waals surface area (Å²) in [5, 5.41) is 11.1. The molecule has 0 N–H and O–H groups in total. The van der Waals surface area contributed by atoms with Crippen LogP contribution in [0.1, 0.15) is 22.8 Å². The predicted molar refractivity (Wildman–Crippen MR) is 74.3 cm³/mol. The molecule has 2 rings (SSSR count). The van der Waals surface area contributed by atoms with Crippen molar-refractivity contribution in [1.82, 2.24) is 0 Å². The summed E-state index contributed by atoms with van der Waals surface area (Å²) >= 11 is 0. The summed E-state index contributed by atoms with van der Waals surface area (Å²) in [6.45, 7) is 3.01. The van der Waals surface area contributed by atoms with Gasteiger partial charge in [0.25, 0.3) is 0 Å². The minimum Gasteiger partial charge on any atom is -0.450 e. The van der Waals surface area contributed by atoms with E-state index in [1.54, 1.807) is 6.92 Å². The Hall–Kier alpha value is -2.76. The van der Waals surface area contributed by atoms with Gasteiger partial charge in [-0.3, -0.25) is 14.9 Å². The molecule has 0 unspecified atom stereocenters. The molecule has 2 aromatic rings. The summed E-state index contributed by atoms with van der Waals surface area (Å²) < 4.78 is 18.6. The van der Waals surface area contributed by atoms with Crippen molar-refractivity contribution < 1.29 is 18.8 Å². The van der Waals surface area contributed by atoms with E-state index >= 15 is 0 Å². The predicted octanol–water partition coefficient (Wildman–Crippen LogP) is 4.04. The van der Waals surface area contributed by atoms with Gasteiger partial charge in [-0.1, -0.05) is 6.07 Å². The third-order valence-corrected chi connectivity index (χ3v) is 2.93. The van der Waals surface area contributed by atoms with Crippen molar-refractivity contribution in [2.75, 3.05) is 0 Å². The van der Waals surface area contributed by atoms with E-state index in [0.29, 0.717) is 5.56 Å². The van der Waals surface area contributed by atoms with Gasteiger partial charge in [0.15, 0.2) is 5.78 Å². The minimum absolute atomic E-state index is 0.0429. The Morgan fingerprint density at radius 3 is 2.52 bits per heavy atom. The highest BCUT2D eigenvalue weighted by Gasteiger charge is 2.19. The summed E-state index contributed by atoms with van der Waals surface area (Å²) in [7, 11) is 0. The Kier molecular flexibility index (Phi) is 3.98. The second-order valence-corrected chi connectivity index (χ2v) is 4.51. The highest BCUT2D eigenvalue weighted by atomic mass is 19.1. The lowest BCUT2D eigenvalue weighted by Crippen LogP contribution is -1.98. The van der Waals surface area contributed by atoms with Gasteiger partial charge in [0.1, 0.15) is 11.6 Å². The Morgan fingerprint density at radius 2 is 1.90 bits per heavy atom. The van der Waals surface area contributed by atoms with Crippen molar-refractivity contribution in [3.63, 3.8) is 0 Å². The van der Waals surface area contributed by atoms with Crippen LogP contribution in [0.4, 0.5) is 10.1 Å². The lowest BCUT2D eigenvalue weighted by Gasteiger charge is -2.09. The zero-order chi connectivity index (χ0) is 15.6. The summed E-state index contributed by atoms with van der Waals surface area (Å²) in [5.41, 5.74) is 0.512. The van der Waals surface area contributed by atoms with E-state index in [1.165, 1.54) is 31.2 Å². The maximum atomic E-state index is 13.2. The maximum Gasteiger partial charge on any atom is 0.312 e. The zero-order valence-corrected chi connectivity index (χ0v) is 11.4. The number of ketones is 1. The molecule has 0 aliphatic carbocycles. The van der Waals surface area contributed by atoms with Gasteiger partial charge in [-0.25, -0.2) is 4.39 Å². The van der Waals surface area contributed by atoms with Crippen LogP contribution in [0.3, 0.4) is 0 Å². The maximum absolute atomic E-state index is 13.2. The van der Waals surface area contributed by atoms with Crippen molar-refractivity contribution in [1.29, 1.82) is 0 Å². The molecule has 0 saturated heterocycles. The molecule has 0 aliphatic heterocycles. The summed E-state index contributed by atoms with van der Waals surface area (Å²) in [6, 6.07) is 7.85. The second-order valence-electron chi connectivity index (χ2n) is 4.51. The van der Waals surface area contributed by atoms with Crippen LogP contribution in [-0.2, 0) is 0 Å². The van der Waals surface area contributed by atoms with E-state index in [9.17, 15) is 19.3 Å². The van der Waals surface area contributed by atoms with Crippen LogP contribution in [0.2, 0.25) is 0 Å². The first-order valence-corrected chi connectivity index (χ1v) is 6.12. The quantitative estimate of drug-likeness (QED) is 0.484. The summed E-state index contributed by atoms with van der Waals surface area (Å²) in [5.74, 6) is -0.641. The normalized spacial score (nSPS) is 10.2. The lowest BCUT2D eigenvalue weighted by molar-refractivity contribution is -0.385. The number of benzene rings is 2. The van der Waals surface area contributed by atoms with Crippen molar-refractivity contribution in [3.05, 3.63) is 63.5 Å². The molecule has 6 heteroatoms. The lowest BCUT2D eigenvalue weighted by atomic mass is 10.1. The number of Topliss-reactive ketones (excluding diaryl/α,β-unsaturated/α-hetero) is 1. The third-order valence-electron chi connectivity index (χ3n) is 2.93. The average molecular weight is 289 g/mol. The van der Waals surface area contributed by atoms with E-state index in [-0.39, 0.29) is 28.5 Å². The molecule has 108 valence electrons. The van der Waals surface area contributed by atoms with Gasteiger partial charge in [0.05, 0.1) is 4.92 Å². The Balaban J connectivity index is 2.46. The van der Waals surface area contributed by atoms with Gasteiger partial charge in [0, 0.05) is 17.7 Å². The fraction of sp³-hybridized carbons (Fsp3) is 0.133. The SMILES string of the molecule is CC(=O)c1ccc(Oc2cc(F)ccc2C)c([N+](=O)[O-])c1. The summed E-state index contributed by atoms with van der Waals surface area (Å²) in [4.78, 5) is 21.7. The van der Waals surface area contributed by atoms with E-state index < -0.39 is 10.7 Å². The highest BCUT2D eigenvalue weighted by molar-refractivity contribution is 5.95. The van der Waals surface area contributed by atoms with Gasteiger partial charge < -0.3 is 4.74 Å². The Labute approximate surface area is 120 Å². The molecule has 0 radical (unpaired) electrons. The Bertz CT molecular complexity index is 728. The molecule has 5 nitrogen and oxygen atoms in total. The van der Waals surface area contributed by atoms with Crippen LogP contribution in [0, 0.1) is 22.9 Å². The first kappa shape index (κ1) is 14.6. The number of aryl methyl sites for hydroxylation is 1. The molecule has 0 saturated carbocycles. The van der Waals surface area contributed by atoms with Gasteiger partial charge in [-0.05, 0) is 37.6 Å². The van der Waals surface area contributed by atoms with E-state index in [1.807, 2.05) is 0 Å². The first-order valence-electron chi connectivity index (χ1n) is 6.12. The van der Waals surface area contributed by atoms with Gasteiger partial charge >= 0.3 is 5.69 Å². The number of hydrogen-bond donors (Lipinski definition) is 0. The molecule has 0 amide bonds. The number of nitro groups is 1. The van der Waals surface area contributed by atoms with Crippen LogP contribution in [0.5, 0.6) is 11.5 Å². The minimum atomic E-state index is -0.642. The molecule has 0 atom stereocenters. The number of carbonyl (C=O) groups is 1. The molecule has 0 bridgehead atoms. The monoisotopic (exact) mass is 289 g/mol. The molecule has 0 heterocycles. The number of halogens is 1. The van der Waals surface area contributed by atoms with Crippen LogP contribution in [0.15, 0.2) is 36.4 Å². The van der Waals surface area contributed by atoms with Gasteiger partial charge in [-0.15, -0.1) is 0 Å². The standard InChI is InChI=1S/C15H12FNO4/c1-9-3-5-12(16)8-15(9)21-14-6-4-11(10(2)18)7-13(14)17(19)20/h3-8H,1-2H3. The fourth-order valence-electron chi connectivity index (χ4n) is 1.77. The van der Waals surface area contributed by atoms with Crippen LogP contribution in [0.25, 0.3) is 0 Å². The largest absolute Gasteiger partial charge is 0.450 e. The number of nitro benzene ring substituents is 1. The van der Waals surface area contributed by atoms with E-state index in [4.69, 9.17) is 4.74 Å². The number of ether oxygens (including phenoxy) is 1. The van der Waals surface area contributed by atoms with Crippen LogP contribution in [-0.4, -0.2) is 10.7 Å². The molecule has 0 aromatic heterocycles. The van der Waals surface area contributed by atoms with Crippen molar-refractivity contribution >= 4 is 11.5 Å². The van der Waals surface area contributed by atoms with Gasteiger partial charge in [0.2, 0.25) is 5.75 Å². The first-order chi connectivity index (χ1) is 9.88. The number of nitrogens with zero attached hydrogens (tertiary/aromatic N) is 1. The number of rotatable bonds is 4. The molecule has 21 heavy (non-hydrogen) atoms. The fourth-order valence-corrected chi connectivity index (χ4v) is 1.77. The Morgan fingerprint density at radius 1 is 1.19 bits per heavy atom. The van der Waals surface area contributed by atoms with E-state index in [2.05, 4.69) is 0 Å². The third kappa shape index (κ3) is 3.22. The van der Waals surface area contributed by atoms with Crippen molar-refractivity contribution in [2.45, 2.75) is 13.8 Å². The van der Waals surface area contributed by atoms with Gasteiger partial charge in [-0.2, -0.15) is 0 Å². The van der Waals surface area contributed by atoms with E-state index in [0.717, 1.165) is 12.1 Å². The topological polar surface area (TPSA) is 69.4 Å². The average Bonchev–Trinajstić information content (AvgIpc) is 2.42. The number of carbonyl (C=O) groups excluding carboxylic acids is 1. The molecular formula is C15H12FNO4. The molecular weight excluding hydrogens is 277 g/mol. The zero-order valence-electron chi connectivity index (χ0n) is 11.4. The molecule has 0 fully saturated rings.